The fourth-order valence-corrected chi connectivity index (χ4v) is 3.21. The first-order valence-corrected chi connectivity index (χ1v) is 10.5. The van der Waals surface area contributed by atoms with Gasteiger partial charge in [-0.25, -0.2) is 0 Å². The number of hydrogen-bond donors (Lipinski definition) is 1. The highest BCUT2D eigenvalue weighted by Gasteiger charge is 2.28. The summed E-state index contributed by atoms with van der Waals surface area (Å²) in [6.45, 7) is 6.28. The fraction of sp³-hybridized carbons (Fsp3) is 0.375. The summed E-state index contributed by atoms with van der Waals surface area (Å²) in [5.74, 6) is 0.637. The lowest BCUT2D eigenvalue weighted by molar-refractivity contribution is -0.125. The lowest BCUT2D eigenvalue weighted by atomic mass is 10.0. The zero-order chi connectivity index (χ0) is 22.4. The molecule has 0 atom stereocenters. The maximum absolute atomic E-state index is 12.7. The van der Waals surface area contributed by atoms with Crippen LogP contribution in [0.1, 0.15) is 49.0 Å². The quantitative estimate of drug-likeness (QED) is 0.624. The van der Waals surface area contributed by atoms with Gasteiger partial charge in [-0.2, -0.15) is 0 Å². The molecule has 1 aliphatic rings. The smallest absolute Gasteiger partial charge is 0.265 e. The third-order valence-electron chi connectivity index (χ3n) is 4.99. The number of carbonyl (C=O) groups excluding carboxylic acids is 3. The lowest BCUT2D eigenvalue weighted by Crippen LogP contribution is -2.45. The minimum atomic E-state index is -0.328. The van der Waals surface area contributed by atoms with Crippen LogP contribution in [0.4, 0.5) is 5.69 Å². The first kappa shape index (κ1) is 22.3. The number of carbonyl (C=O) groups is 3. The molecule has 0 spiro atoms. The number of anilines is 1. The van der Waals surface area contributed by atoms with Crippen molar-refractivity contribution in [1.29, 1.82) is 0 Å². The van der Waals surface area contributed by atoms with Gasteiger partial charge in [0.15, 0.2) is 19.0 Å². The standard InChI is InChI=1S/C24H28N2O5/c1-4-10-25-23(28)13-26-20-12-18(8-9-22(20)31-15-24(26)29)21(27)14-30-19-7-5-6-17(11-19)16(2)3/h5-9,11-12,16H,4,10,13-15H2,1-3H3,(H,25,28). The number of benzene rings is 2. The molecule has 2 amide bonds. The molecule has 2 aromatic carbocycles. The molecule has 7 heteroatoms. The zero-order valence-corrected chi connectivity index (χ0v) is 18.1. The van der Waals surface area contributed by atoms with E-state index in [9.17, 15) is 14.4 Å². The van der Waals surface area contributed by atoms with Gasteiger partial charge in [0.2, 0.25) is 5.91 Å². The Kier molecular flexibility index (Phi) is 7.28. The van der Waals surface area contributed by atoms with Gasteiger partial charge in [-0.05, 0) is 48.2 Å². The largest absolute Gasteiger partial charge is 0.485 e. The van der Waals surface area contributed by atoms with E-state index in [4.69, 9.17) is 9.47 Å². The van der Waals surface area contributed by atoms with Gasteiger partial charge in [-0.15, -0.1) is 0 Å². The van der Waals surface area contributed by atoms with Crippen LogP contribution < -0.4 is 19.7 Å². The number of fused-ring (bicyclic) bond motifs is 1. The maximum Gasteiger partial charge on any atom is 0.265 e. The van der Waals surface area contributed by atoms with E-state index in [1.54, 1.807) is 18.2 Å². The summed E-state index contributed by atoms with van der Waals surface area (Å²) in [6, 6.07) is 12.5. The van der Waals surface area contributed by atoms with Crippen molar-refractivity contribution < 1.29 is 23.9 Å². The first-order chi connectivity index (χ1) is 14.9. The number of nitrogens with zero attached hydrogens (tertiary/aromatic N) is 1. The molecule has 0 unspecified atom stereocenters. The average molecular weight is 424 g/mol. The van der Waals surface area contributed by atoms with E-state index in [0.717, 1.165) is 12.0 Å². The minimum absolute atomic E-state index is 0.120. The number of nitrogens with one attached hydrogen (secondary N) is 1. The Balaban J connectivity index is 1.73. The summed E-state index contributed by atoms with van der Waals surface area (Å²) < 4.78 is 11.2. The molecule has 0 saturated heterocycles. The molecular weight excluding hydrogens is 396 g/mol. The number of rotatable bonds is 9. The fourth-order valence-electron chi connectivity index (χ4n) is 3.21. The van der Waals surface area contributed by atoms with E-state index < -0.39 is 0 Å². The SMILES string of the molecule is CCCNC(=O)CN1C(=O)COc2ccc(C(=O)COc3cccc(C(C)C)c3)cc21. The van der Waals surface area contributed by atoms with Crippen molar-refractivity contribution >= 4 is 23.3 Å². The topological polar surface area (TPSA) is 84.9 Å². The second-order valence-corrected chi connectivity index (χ2v) is 7.74. The minimum Gasteiger partial charge on any atom is -0.485 e. The van der Waals surface area contributed by atoms with Gasteiger partial charge in [-0.3, -0.25) is 19.3 Å². The van der Waals surface area contributed by atoms with Crippen LogP contribution in [0.15, 0.2) is 42.5 Å². The number of ketones is 1. The van der Waals surface area contributed by atoms with Crippen LogP contribution in [0.5, 0.6) is 11.5 Å². The van der Waals surface area contributed by atoms with Crippen molar-refractivity contribution in [3.63, 3.8) is 0 Å². The van der Waals surface area contributed by atoms with Gasteiger partial charge in [0.1, 0.15) is 18.0 Å². The highest BCUT2D eigenvalue weighted by molar-refractivity contribution is 6.04. The Morgan fingerprint density at radius 1 is 1.19 bits per heavy atom. The van der Waals surface area contributed by atoms with Gasteiger partial charge in [0.25, 0.3) is 5.91 Å². The second kappa shape index (κ2) is 10.1. The molecule has 1 heterocycles. The van der Waals surface area contributed by atoms with Crippen LogP contribution in [0.25, 0.3) is 0 Å². The third kappa shape index (κ3) is 5.63. The Hall–Kier alpha value is -3.35. The van der Waals surface area contributed by atoms with Crippen LogP contribution >= 0.6 is 0 Å². The number of amides is 2. The molecule has 0 saturated carbocycles. The molecule has 0 aromatic heterocycles. The Morgan fingerprint density at radius 2 is 2.00 bits per heavy atom. The molecule has 0 aliphatic carbocycles. The molecule has 0 bridgehead atoms. The number of ether oxygens (including phenoxy) is 2. The predicted octanol–water partition coefficient (Wildman–Crippen LogP) is 3.32. The van der Waals surface area contributed by atoms with Crippen molar-refractivity contribution in [3.05, 3.63) is 53.6 Å². The van der Waals surface area contributed by atoms with Crippen LogP contribution in [0.2, 0.25) is 0 Å². The number of hydrogen-bond acceptors (Lipinski definition) is 5. The summed E-state index contributed by atoms with van der Waals surface area (Å²) in [7, 11) is 0. The van der Waals surface area contributed by atoms with Crippen LogP contribution in [-0.2, 0) is 9.59 Å². The molecule has 0 fully saturated rings. The molecule has 1 N–H and O–H groups in total. The lowest BCUT2D eigenvalue weighted by Gasteiger charge is -2.29. The Labute approximate surface area is 182 Å². The van der Waals surface area contributed by atoms with Crippen molar-refractivity contribution in [2.24, 2.45) is 0 Å². The van der Waals surface area contributed by atoms with Gasteiger partial charge in [0, 0.05) is 12.1 Å². The van der Waals surface area contributed by atoms with Crippen molar-refractivity contribution in [1.82, 2.24) is 5.32 Å². The molecule has 31 heavy (non-hydrogen) atoms. The highest BCUT2D eigenvalue weighted by atomic mass is 16.5. The molecule has 164 valence electrons. The van der Waals surface area contributed by atoms with Crippen molar-refractivity contribution in [2.75, 3.05) is 31.2 Å². The molecule has 1 aliphatic heterocycles. The summed E-state index contributed by atoms with van der Waals surface area (Å²) in [5, 5.41) is 2.76. The summed E-state index contributed by atoms with van der Waals surface area (Å²) in [5.41, 5.74) is 1.93. The molecule has 3 rings (SSSR count). The molecule has 0 radical (unpaired) electrons. The predicted molar refractivity (Wildman–Crippen MR) is 118 cm³/mol. The number of Topliss-reactive ketones (excluding diaryl/α,β-unsaturated/α-hetero) is 1. The average Bonchev–Trinajstić information content (AvgIpc) is 2.77. The van der Waals surface area contributed by atoms with E-state index in [1.165, 1.54) is 4.90 Å². The normalized spacial score (nSPS) is 12.9. The van der Waals surface area contributed by atoms with Crippen molar-refractivity contribution in [3.8, 4) is 11.5 Å². The Morgan fingerprint density at radius 3 is 2.74 bits per heavy atom. The molecular formula is C24H28N2O5. The zero-order valence-electron chi connectivity index (χ0n) is 18.1. The van der Waals surface area contributed by atoms with E-state index in [0.29, 0.717) is 35.2 Å². The van der Waals surface area contributed by atoms with Crippen LogP contribution in [-0.4, -0.2) is 43.9 Å². The second-order valence-electron chi connectivity index (χ2n) is 7.74. The molecule has 7 nitrogen and oxygen atoms in total. The van der Waals surface area contributed by atoms with Gasteiger partial charge >= 0.3 is 0 Å². The van der Waals surface area contributed by atoms with Crippen LogP contribution in [0.3, 0.4) is 0 Å². The van der Waals surface area contributed by atoms with Gasteiger partial charge in [-0.1, -0.05) is 32.9 Å². The van der Waals surface area contributed by atoms with E-state index >= 15 is 0 Å². The van der Waals surface area contributed by atoms with E-state index in [1.807, 2.05) is 31.2 Å². The highest BCUT2D eigenvalue weighted by Crippen LogP contribution is 2.33. The monoisotopic (exact) mass is 424 g/mol. The first-order valence-electron chi connectivity index (χ1n) is 10.5. The molecule has 2 aromatic rings. The third-order valence-corrected chi connectivity index (χ3v) is 4.99. The van der Waals surface area contributed by atoms with Crippen molar-refractivity contribution in [2.45, 2.75) is 33.1 Å². The van der Waals surface area contributed by atoms with E-state index in [2.05, 4.69) is 19.2 Å². The van der Waals surface area contributed by atoms with Crippen LogP contribution in [0, 0.1) is 0 Å². The Bertz CT molecular complexity index is 970. The summed E-state index contributed by atoms with van der Waals surface area (Å²) >= 11 is 0. The summed E-state index contributed by atoms with van der Waals surface area (Å²) in [6.07, 6.45) is 0.804. The van der Waals surface area contributed by atoms with Gasteiger partial charge in [0.05, 0.1) is 5.69 Å². The maximum atomic E-state index is 12.7. The summed E-state index contributed by atoms with van der Waals surface area (Å²) in [4.78, 5) is 38.6. The van der Waals surface area contributed by atoms with Gasteiger partial charge < -0.3 is 14.8 Å². The van der Waals surface area contributed by atoms with E-state index in [-0.39, 0.29) is 37.4 Å².